The van der Waals surface area contributed by atoms with Crippen LogP contribution >= 0.6 is 0 Å². The van der Waals surface area contributed by atoms with Crippen molar-refractivity contribution in [3.05, 3.63) is 70.8 Å². The highest BCUT2D eigenvalue weighted by Gasteiger charge is 2.27. The van der Waals surface area contributed by atoms with Crippen LogP contribution in [0.25, 0.3) is 0 Å². The van der Waals surface area contributed by atoms with Gasteiger partial charge in [-0.15, -0.1) is 0 Å². The molecule has 0 radical (unpaired) electrons. The van der Waals surface area contributed by atoms with E-state index >= 15 is 0 Å². The van der Waals surface area contributed by atoms with Crippen LogP contribution in [0.1, 0.15) is 28.7 Å². The third-order valence-electron chi connectivity index (χ3n) is 6.86. The topological polar surface area (TPSA) is 235 Å². The van der Waals surface area contributed by atoms with Gasteiger partial charge in [-0.05, 0) is 23.3 Å². The van der Waals surface area contributed by atoms with E-state index < -0.39 is 62.5 Å². The molecule has 0 N–H and O–H groups in total. The lowest BCUT2D eigenvalue weighted by Crippen LogP contribution is -2.39. The fourth-order valence-corrected chi connectivity index (χ4v) is 9.00. The molecule has 2 aliphatic rings. The van der Waals surface area contributed by atoms with Gasteiger partial charge in [0.15, 0.2) is 19.0 Å². The zero-order valence-electron chi connectivity index (χ0n) is 22.7. The average Bonchev–Trinajstić information content (AvgIpc) is 2.88. The Hall–Kier alpha value is -2.58. The number of hydrogen-bond donors (Lipinski definition) is 0. The van der Waals surface area contributed by atoms with Crippen molar-refractivity contribution in [2.45, 2.75) is 29.8 Å². The van der Waals surface area contributed by atoms with E-state index in [0.717, 1.165) is 23.1 Å². The second kappa shape index (κ2) is 14.0. The summed E-state index contributed by atoms with van der Waals surface area (Å²) in [6, 6.07) is 15.2. The van der Waals surface area contributed by atoms with Gasteiger partial charge in [-0.25, -0.2) is 42.8 Å². The Morgan fingerprint density at radius 2 is 1.02 bits per heavy atom. The molecule has 43 heavy (non-hydrogen) atoms. The molecule has 0 saturated heterocycles. The van der Waals surface area contributed by atoms with Crippen molar-refractivity contribution in [1.29, 1.82) is 0 Å². The molecule has 0 amide bonds. The Bertz CT molecular complexity index is 1820. The second-order valence-corrected chi connectivity index (χ2v) is 16.4. The minimum atomic E-state index is -4.87. The third kappa shape index (κ3) is 11.8. The minimum Gasteiger partial charge on any atom is -0.748 e. The molecule has 0 aromatic heterocycles. The first kappa shape index (κ1) is 34.9. The van der Waals surface area contributed by atoms with Crippen molar-refractivity contribution in [3.63, 3.8) is 0 Å². The van der Waals surface area contributed by atoms with Gasteiger partial charge in [0, 0.05) is 30.4 Å². The molecule has 2 heterocycles. The van der Waals surface area contributed by atoms with E-state index in [-0.39, 0.29) is 19.5 Å². The summed E-state index contributed by atoms with van der Waals surface area (Å²) in [6.07, 6.45) is 4.77. The molecular formula is C25H30N2O12S4-2. The zero-order chi connectivity index (χ0) is 32.1. The number of nitrogens with zero attached hydrogens (tertiary/aromatic N) is 2. The Morgan fingerprint density at radius 1 is 0.605 bits per heavy atom. The minimum absolute atomic E-state index is 0.189. The molecule has 0 bridgehead atoms. The molecule has 0 fully saturated rings. The summed E-state index contributed by atoms with van der Waals surface area (Å²) in [5.74, 6) is -2.38. The summed E-state index contributed by atoms with van der Waals surface area (Å²) in [7, 11) is -19.2. The quantitative estimate of drug-likeness (QED) is 0.198. The first-order valence-electron chi connectivity index (χ1n) is 12.9. The highest BCUT2D eigenvalue weighted by atomic mass is 32.2. The predicted octanol–water partition coefficient (Wildman–Crippen LogP) is -1.34. The molecule has 2 aliphatic heterocycles. The van der Waals surface area contributed by atoms with E-state index in [2.05, 4.69) is 0 Å². The first-order valence-corrected chi connectivity index (χ1v) is 19.0. The molecule has 14 nitrogen and oxygen atoms in total. The number of hydrogen-bond acceptors (Lipinski definition) is 12. The van der Waals surface area contributed by atoms with Crippen LogP contribution in [-0.2, 0) is 53.3 Å². The predicted molar refractivity (Wildman–Crippen MR) is 151 cm³/mol. The Kier molecular flexibility index (Phi) is 11.4. The standard InChI is InChI=1S/C13H17NO6S2.C12H15NO6S2/c15-21(16,17)10-13(22(18,19)20)6-8-14-7-5-11-3-1-2-4-12(11)9-14;14-20(15,16)9-12(21(17,18)19)8-13-6-5-10-3-1-2-4-11(10)7-13/h1-4,9,13H,5-8,10H2,(H-,15,16,17,18,19,20);1-4,7,12H,5-6,8-9H2,(H-,14,15,16,17,18,19)/p-2. The maximum absolute atomic E-state index is 11.1. The van der Waals surface area contributed by atoms with E-state index in [1.807, 2.05) is 59.3 Å². The number of benzene rings is 2. The Morgan fingerprint density at radius 3 is 1.49 bits per heavy atom. The number of rotatable bonds is 11. The smallest absolute Gasteiger partial charge is 0.171 e. The molecule has 0 aliphatic carbocycles. The van der Waals surface area contributed by atoms with Crippen LogP contribution in [0.5, 0.6) is 0 Å². The first-order chi connectivity index (χ1) is 19.8. The molecule has 2 aromatic carbocycles. The van der Waals surface area contributed by atoms with Crippen molar-refractivity contribution >= 4 is 52.9 Å². The van der Waals surface area contributed by atoms with Crippen LogP contribution in [0.2, 0.25) is 0 Å². The molecule has 0 spiro atoms. The highest BCUT2D eigenvalue weighted by Crippen LogP contribution is 2.14. The summed E-state index contributed by atoms with van der Waals surface area (Å²) >= 11 is 0. The van der Waals surface area contributed by atoms with Crippen LogP contribution in [0.15, 0.2) is 48.5 Å². The van der Waals surface area contributed by atoms with E-state index in [9.17, 15) is 51.9 Å². The molecule has 2 atom stereocenters. The van der Waals surface area contributed by atoms with Gasteiger partial charge in [0.05, 0.1) is 47.1 Å². The van der Waals surface area contributed by atoms with Gasteiger partial charge in [0.1, 0.15) is 35.0 Å². The molecule has 238 valence electrons. The van der Waals surface area contributed by atoms with Crippen molar-refractivity contribution in [2.75, 3.05) is 37.7 Å². The van der Waals surface area contributed by atoms with Crippen LogP contribution in [0.4, 0.5) is 0 Å². The summed E-state index contributed by atoms with van der Waals surface area (Å²) in [5, 5.41) is -3.47. The molecule has 18 heteroatoms. The van der Waals surface area contributed by atoms with Crippen molar-refractivity contribution in [3.8, 4) is 0 Å². The molecule has 4 rings (SSSR count). The average molecular weight is 679 g/mol. The van der Waals surface area contributed by atoms with Gasteiger partial charge in [-0.2, -0.15) is 0 Å². The lowest BCUT2D eigenvalue weighted by atomic mass is 10.0. The fourth-order valence-electron chi connectivity index (χ4n) is 4.71. The second-order valence-electron chi connectivity index (χ2n) is 10.2. The molecule has 2 aromatic rings. The van der Waals surface area contributed by atoms with E-state index in [1.165, 1.54) is 5.56 Å². The summed E-state index contributed by atoms with van der Waals surface area (Å²) in [6.45, 7) is 1.01. The molecular weight excluding hydrogens is 649 g/mol. The number of fused-ring (bicyclic) bond motifs is 2. The van der Waals surface area contributed by atoms with Gasteiger partial charge in [0.2, 0.25) is 0 Å². The van der Waals surface area contributed by atoms with Gasteiger partial charge in [-0.3, -0.25) is 0 Å². The summed E-state index contributed by atoms with van der Waals surface area (Å²) < 4.78 is 134. The van der Waals surface area contributed by atoms with Gasteiger partial charge in [-0.1, -0.05) is 36.4 Å². The summed E-state index contributed by atoms with van der Waals surface area (Å²) in [4.78, 5) is 0. The van der Waals surface area contributed by atoms with Crippen LogP contribution in [0.3, 0.4) is 0 Å². The van der Waals surface area contributed by atoms with Crippen molar-refractivity contribution in [2.24, 2.45) is 0 Å². The Balaban J connectivity index is 0.000000236. The Labute approximate surface area is 251 Å². The van der Waals surface area contributed by atoms with Crippen LogP contribution in [-0.4, -0.2) is 122 Å². The third-order valence-corrected chi connectivity index (χ3v) is 11.3. The lowest BCUT2D eigenvalue weighted by Gasteiger charge is -2.22. The monoisotopic (exact) mass is 678 g/mol. The maximum Gasteiger partial charge on any atom is 0.171 e. The van der Waals surface area contributed by atoms with Gasteiger partial charge < -0.3 is 18.2 Å². The normalized spacial score (nSPS) is 16.8. The van der Waals surface area contributed by atoms with Crippen LogP contribution < -0.4 is 0 Å². The van der Waals surface area contributed by atoms with Crippen molar-refractivity contribution in [1.82, 2.24) is 0 Å². The van der Waals surface area contributed by atoms with E-state index in [1.54, 1.807) is 10.8 Å². The largest absolute Gasteiger partial charge is 0.748 e. The van der Waals surface area contributed by atoms with E-state index in [4.69, 9.17) is 0 Å². The van der Waals surface area contributed by atoms with Gasteiger partial charge in [0.25, 0.3) is 0 Å². The summed E-state index contributed by atoms with van der Waals surface area (Å²) in [5.41, 5.74) is 4.16. The highest BCUT2D eigenvalue weighted by molar-refractivity contribution is 7.90. The van der Waals surface area contributed by atoms with E-state index in [0.29, 0.717) is 19.5 Å². The maximum atomic E-state index is 11.1. The van der Waals surface area contributed by atoms with Gasteiger partial charge >= 0.3 is 0 Å². The van der Waals surface area contributed by atoms with Crippen LogP contribution in [0, 0.1) is 0 Å². The van der Waals surface area contributed by atoms with Crippen molar-refractivity contribution < 1.29 is 61.0 Å². The molecule has 2 unspecified atom stereocenters. The lowest BCUT2D eigenvalue weighted by molar-refractivity contribution is -0.524. The molecule has 0 saturated carbocycles. The zero-order valence-corrected chi connectivity index (χ0v) is 26.0. The SMILES string of the molecule is O=S(=O)([O-])CC(CC[N+]1=Cc2ccccc2CC1)S(=O)(=O)[O-].O=S(=O)([O-])CC(C[N+]1=Cc2ccccc2CC1)S(=O)(=O)[O-]. The fraction of sp³-hybridized carbons (Fsp3) is 0.440.